The van der Waals surface area contributed by atoms with Crippen molar-refractivity contribution in [3.8, 4) is 0 Å². The first-order valence-corrected chi connectivity index (χ1v) is 8.03. The van der Waals surface area contributed by atoms with Crippen LogP contribution in [0.5, 0.6) is 0 Å². The van der Waals surface area contributed by atoms with Gasteiger partial charge in [0, 0.05) is 18.4 Å². The van der Waals surface area contributed by atoms with Crippen molar-refractivity contribution in [1.29, 1.82) is 0 Å². The maximum atomic E-state index is 5.33. The molecule has 4 nitrogen and oxygen atoms in total. The second-order valence-electron chi connectivity index (χ2n) is 4.91. The standard InChI is InChI=1S/C15H19BrN4S/c1-4-20-9-12(16)14(19-20)8-17-15(21)18-13-6-5-10(2)7-11(13)3/h5-7,9H,4,8H2,1-3H3,(H2,17,18,21). The number of aryl methyl sites for hydroxylation is 3. The van der Waals surface area contributed by atoms with Crippen LogP contribution in [0.25, 0.3) is 0 Å². The van der Waals surface area contributed by atoms with E-state index in [1.54, 1.807) is 0 Å². The highest BCUT2D eigenvalue weighted by Crippen LogP contribution is 2.17. The molecule has 0 bridgehead atoms. The van der Waals surface area contributed by atoms with E-state index in [2.05, 4.69) is 64.6 Å². The molecular formula is C15H19BrN4S. The van der Waals surface area contributed by atoms with Crippen LogP contribution in [0.3, 0.4) is 0 Å². The number of aromatic nitrogens is 2. The largest absolute Gasteiger partial charge is 0.357 e. The van der Waals surface area contributed by atoms with Crippen molar-refractivity contribution in [2.24, 2.45) is 0 Å². The quantitative estimate of drug-likeness (QED) is 0.808. The third-order valence-corrected chi connectivity index (χ3v) is 4.07. The van der Waals surface area contributed by atoms with Gasteiger partial charge in [0.25, 0.3) is 0 Å². The second kappa shape index (κ2) is 7.04. The van der Waals surface area contributed by atoms with Gasteiger partial charge >= 0.3 is 0 Å². The summed E-state index contributed by atoms with van der Waals surface area (Å²) in [6, 6.07) is 6.24. The van der Waals surface area contributed by atoms with Crippen LogP contribution in [0.2, 0.25) is 0 Å². The van der Waals surface area contributed by atoms with Crippen molar-refractivity contribution in [2.45, 2.75) is 33.9 Å². The summed E-state index contributed by atoms with van der Waals surface area (Å²) < 4.78 is 2.88. The first kappa shape index (κ1) is 16.0. The lowest BCUT2D eigenvalue weighted by Gasteiger charge is -2.12. The predicted molar refractivity (Wildman–Crippen MR) is 94.6 cm³/mol. The molecule has 0 spiro atoms. The van der Waals surface area contributed by atoms with Gasteiger partial charge < -0.3 is 10.6 Å². The van der Waals surface area contributed by atoms with Crippen molar-refractivity contribution < 1.29 is 0 Å². The summed E-state index contributed by atoms with van der Waals surface area (Å²) in [5.41, 5.74) is 4.39. The van der Waals surface area contributed by atoms with Gasteiger partial charge in [-0.3, -0.25) is 4.68 Å². The monoisotopic (exact) mass is 366 g/mol. The number of benzene rings is 1. The van der Waals surface area contributed by atoms with E-state index in [0.717, 1.165) is 22.4 Å². The molecule has 0 aliphatic carbocycles. The minimum atomic E-state index is 0.588. The number of nitrogens with zero attached hydrogens (tertiary/aromatic N) is 2. The Bertz CT molecular complexity index is 651. The smallest absolute Gasteiger partial charge is 0.171 e. The third-order valence-electron chi connectivity index (χ3n) is 3.16. The molecule has 0 saturated heterocycles. The summed E-state index contributed by atoms with van der Waals surface area (Å²) >= 11 is 8.84. The van der Waals surface area contributed by atoms with E-state index in [1.165, 1.54) is 11.1 Å². The van der Waals surface area contributed by atoms with Gasteiger partial charge in [0.1, 0.15) is 0 Å². The maximum absolute atomic E-state index is 5.33. The Kier molecular flexibility index (Phi) is 5.36. The number of hydrogen-bond donors (Lipinski definition) is 2. The Morgan fingerprint density at radius 3 is 2.76 bits per heavy atom. The van der Waals surface area contributed by atoms with E-state index in [0.29, 0.717) is 11.7 Å². The highest BCUT2D eigenvalue weighted by Gasteiger charge is 2.07. The van der Waals surface area contributed by atoms with Crippen molar-refractivity contribution in [3.63, 3.8) is 0 Å². The topological polar surface area (TPSA) is 41.9 Å². The molecule has 0 radical (unpaired) electrons. The van der Waals surface area contributed by atoms with Crippen molar-refractivity contribution in [3.05, 3.63) is 45.7 Å². The average Bonchev–Trinajstić information content (AvgIpc) is 2.80. The van der Waals surface area contributed by atoms with Crippen LogP contribution in [-0.2, 0) is 13.1 Å². The molecule has 1 aromatic carbocycles. The SMILES string of the molecule is CCn1cc(Br)c(CNC(=S)Nc2ccc(C)cc2C)n1. The first-order valence-electron chi connectivity index (χ1n) is 6.83. The molecule has 1 heterocycles. The molecule has 2 aromatic rings. The summed E-state index contributed by atoms with van der Waals surface area (Å²) in [7, 11) is 0. The number of anilines is 1. The fourth-order valence-electron chi connectivity index (χ4n) is 2.00. The normalized spacial score (nSPS) is 10.5. The summed E-state index contributed by atoms with van der Waals surface area (Å²) in [6.45, 7) is 7.64. The zero-order valence-electron chi connectivity index (χ0n) is 12.4. The zero-order chi connectivity index (χ0) is 15.4. The van der Waals surface area contributed by atoms with E-state index in [-0.39, 0.29) is 0 Å². The van der Waals surface area contributed by atoms with Crippen LogP contribution in [0.4, 0.5) is 5.69 Å². The third kappa shape index (κ3) is 4.28. The lowest BCUT2D eigenvalue weighted by molar-refractivity contribution is 0.643. The highest BCUT2D eigenvalue weighted by atomic mass is 79.9. The number of rotatable bonds is 4. The Morgan fingerprint density at radius 2 is 2.14 bits per heavy atom. The molecule has 2 rings (SSSR count). The molecule has 0 amide bonds. The van der Waals surface area contributed by atoms with Crippen LogP contribution in [0.15, 0.2) is 28.9 Å². The summed E-state index contributed by atoms with van der Waals surface area (Å²) in [5, 5.41) is 11.5. The molecule has 0 saturated carbocycles. The molecule has 0 unspecified atom stereocenters. The number of hydrogen-bond acceptors (Lipinski definition) is 2. The van der Waals surface area contributed by atoms with E-state index >= 15 is 0 Å². The lowest BCUT2D eigenvalue weighted by Crippen LogP contribution is -2.28. The van der Waals surface area contributed by atoms with Crippen LogP contribution < -0.4 is 10.6 Å². The molecule has 6 heteroatoms. The summed E-state index contributed by atoms with van der Waals surface area (Å²) in [4.78, 5) is 0. The summed E-state index contributed by atoms with van der Waals surface area (Å²) in [5.74, 6) is 0. The second-order valence-corrected chi connectivity index (χ2v) is 6.17. The van der Waals surface area contributed by atoms with Crippen LogP contribution in [0, 0.1) is 13.8 Å². The molecule has 2 N–H and O–H groups in total. The fourth-order valence-corrected chi connectivity index (χ4v) is 2.64. The Hall–Kier alpha value is -1.40. The first-order chi connectivity index (χ1) is 9.99. The number of thiocarbonyl (C=S) groups is 1. The van der Waals surface area contributed by atoms with Crippen LogP contribution in [-0.4, -0.2) is 14.9 Å². The van der Waals surface area contributed by atoms with Crippen LogP contribution >= 0.6 is 28.1 Å². The van der Waals surface area contributed by atoms with Gasteiger partial charge in [0.15, 0.2) is 5.11 Å². The minimum Gasteiger partial charge on any atom is -0.357 e. The number of halogens is 1. The van der Waals surface area contributed by atoms with Crippen molar-refractivity contribution >= 4 is 38.9 Å². The maximum Gasteiger partial charge on any atom is 0.171 e. The van der Waals surface area contributed by atoms with E-state index in [1.807, 2.05) is 16.9 Å². The summed E-state index contributed by atoms with van der Waals surface area (Å²) in [6.07, 6.45) is 1.97. The number of nitrogens with one attached hydrogen (secondary N) is 2. The van der Waals surface area contributed by atoms with E-state index in [9.17, 15) is 0 Å². The highest BCUT2D eigenvalue weighted by molar-refractivity contribution is 9.10. The molecule has 21 heavy (non-hydrogen) atoms. The predicted octanol–water partition coefficient (Wildman–Crippen LogP) is 3.77. The van der Waals surface area contributed by atoms with Gasteiger partial charge in [-0.05, 0) is 60.5 Å². The van der Waals surface area contributed by atoms with Gasteiger partial charge in [-0.25, -0.2) is 0 Å². The van der Waals surface area contributed by atoms with Gasteiger partial charge in [-0.1, -0.05) is 17.7 Å². The van der Waals surface area contributed by atoms with Gasteiger partial charge in [0.2, 0.25) is 0 Å². The van der Waals surface area contributed by atoms with Crippen molar-refractivity contribution in [2.75, 3.05) is 5.32 Å². The Balaban J connectivity index is 1.94. The fraction of sp³-hybridized carbons (Fsp3) is 0.333. The van der Waals surface area contributed by atoms with Gasteiger partial charge in [0.05, 0.1) is 16.7 Å². The minimum absolute atomic E-state index is 0.588. The van der Waals surface area contributed by atoms with Crippen molar-refractivity contribution in [1.82, 2.24) is 15.1 Å². The molecule has 0 fully saturated rings. The van der Waals surface area contributed by atoms with E-state index < -0.39 is 0 Å². The van der Waals surface area contributed by atoms with Gasteiger partial charge in [-0.15, -0.1) is 0 Å². The average molecular weight is 367 g/mol. The molecule has 112 valence electrons. The molecule has 0 aliphatic rings. The Labute approximate surface area is 139 Å². The lowest BCUT2D eigenvalue weighted by atomic mass is 10.1. The molecule has 0 atom stereocenters. The molecule has 0 aliphatic heterocycles. The zero-order valence-corrected chi connectivity index (χ0v) is 14.8. The van der Waals surface area contributed by atoms with Crippen LogP contribution in [0.1, 0.15) is 23.7 Å². The Morgan fingerprint density at radius 1 is 1.38 bits per heavy atom. The van der Waals surface area contributed by atoms with Gasteiger partial charge in [-0.2, -0.15) is 5.10 Å². The van der Waals surface area contributed by atoms with E-state index in [4.69, 9.17) is 12.2 Å². The molecular weight excluding hydrogens is 348 g/mol. The molecule has 1 aromatic heterocycles.